The molecule has 206 valence electrons. The summed E-state index contributed by atoms with van der Waals surface area (Å²) in [5, 5.41) is 0.479. The van der Waals surface area contributed by atoms with Gasteiger partial charge >= 0.3 is 5.97 Å². The zero-order valence-electron chi connectivity index (χ0n) is 22.3. The van der Waals surface area contributed by atoms with E-state index in [4.69, 9.17) is 21.3 Å². The summed E-state index contributed by atoms with van der Waals surface area (Å²) in [5.74, 6) is -0.210. The lowest BCUT2D eigenvalue weighted by atomic mass is 10.2. The van der Waals surface area contributed by atoms with Crippen LogP contribution in [0.4, 0.5) is 10.1 Å². The molecule has 0 saturated heterocycles. The SMILES string of the molecule is CCCc1nc2cc(N(Cc3cccc(Cl)c3)S(=O)(=O)c3ccc(F)cc3)ccc2n1CC(=O)OC(C)(C)C. The molecule has 4 rings (SSSR count). The summed E-state index contributed by atoms with van der Waals surface area (Å²) >= 11 is 6.17. The predicted molar refractivity (Wildman–Crippen MR) is 151 cm³/mol. The van der Waals surface area contributed by atoms with Crippen molar-refractivity contribution in [1.82, 2.24) is 9.55 Å². The Labute approximate surface area is 233 Å². The van der Waals surface area contributed by atoms with Crippen LogP contribution in [0, 0.1) is 5.82 Å². The number of anilines is 1. The van der Waals surface area contributed by atoms with Gasteiger partial charge in [-0.3, -0.25) is 9.10 Å². The Balaban J connectivity index is 1.80. The number of aryl methyl sites for hydroxylation is 1. The van der Waals surface area contributed by atoms with Gasteiger partial charge in [-0.1, -0.05) is 30.7 Å². The van der Waals surface area contributed by atoms with Crippen LogP contribution in [0.15, 0.2) is 71.6 Å². The Hall–Kier alpha value is -3.43. The number of halogens is 2. The van der Waals surface area contributed by atoms with Crippen LogP contribution in [-0.4, -0.2) is 29.5 Å². The van der Waals surface area contributed by atoms with E-state index in [1.54, 1.807) is 42.5 Å². The number of rotatable bonds is 9. The maximum Gasteiger partial charge on any atom is 0.326 e. The molecule has 7 nitrogen and oxygen atoms in total. The van der Waals surface area contributed by atoms with Crippen molar-refractivity contribution >= 4 is 44.3 Å². The molecule has 0 spiro atoms. The zero-order valence-corrected chi connectivity index (χ0v) is 23.9. The monoisotopic (exact) mass is 571 g/mol. The molecular weight excluding hydrogens is 541 g/mol. The van der Waals surface area contributed by atoms with E-state index in [0.29, 0.717) is 39.6 Å². The number of aromatic nitrogens is 2. The van der Waals surface area contributed by atoms with Gasteiger partial charge < -0.3 is 9.30 Å². The normalized spacial score (nSPS) is 12.1. The fourth-order valence-electron chi connectivity index (χ4n) is 4.27. The van der Waals surface area contributed by atoms with Crippen molar-refractivity contribution in [3.8, 4) is 0 Å². The maximum atomic E-state index is 13.8. The van der Waals surface area contributed by atoms with E-state index in [-0.39, 0.29) is 24.0 Å². The molecule has 0 fully saturated rings. The van der Waals surface area contributed by atoms with Gasteiger partial charge in [0.15, 0.2) is 0 Å². The molecular formula is C29H31ClFN3O4S. The maximum absolute atomic E-state index is 13.8. The third kappa shape index (κ3) is 6.78. The Morgan fingerprint density at radius 3 is 2.44 bits per heavy atom. The number of ether oxygens (including phenoxy) is 1. The molecule has 39 heavy (non-hydrogen) atoms. The van der Waals surface area contributed by atoms with Gasteiger partial charge in [-0.25, -0.2) is 17.8 Å². The highest BCUT2D eigenvalue weighted by molar-refractivity contribution is 7.92. The molecule has 0 aliphatic rings. The molecule has 0 unspecified atom stereocenters. The molecule has 0 radical (unpaired) electrons. The average molecular weight is 572 g/mol. The van der Waals surface area contributed by atoms with E-state index in [1.165, 1.54) is 16.4 Å². The summed E-state index contributed by atoms with van der Waals surface area (Å²) in [6, 6.07) is 16.8. The Morgan fingerprint density at radius 1 is 1.08 bits per heavy atom. The quantitative estimate of drug-likeness (QED) is 0.214. The van der Waals surface area contributed by atoms with Gasteiger partial charge in [-0.15, -0.1) is 0 Å². The van der Waals surface area contributed by atoms with Gasteiger partial charge in [0.2, 0.25) is 0 Å². The van der Waals surface area contributed by atoms with Crippen molar-refractivity contribution < 1.29 is 22.3 Å². The smallest absolute Gasteiger partial charge is 0.326 e. The molecule has 10 heteroatoms. The fraction of sp³-hybridized carbons (Fsp3) is 0.310. The molecule has 1 aromatic heterocycles. The lowest BCUT2D eigenvalue weighted by molar-refractivity contribution is -0.155. The predicted octanol–water partition coefficient (Wildman–Crippen LogP) is 6.52. The highest BCUT2D eigenvalue weighted by Crippen LogP contribution is 2.30. The summed E-state index contributed by atoms with van der Waals surface area (Å²) in [5.41, 5.74) is 1.66. The Kier molecular flexibility index (Phi) is 8.32. The van der Waals surface area contributed by atoms with Crippen molar-refractivity contribution in [1.29, 1.82) is 0 Å². The molecule has 0 aliphatic heterocycles. The number of hydrogen-bond acceptors (Lipinski definition) is 5. The minimum Gasteiger partial charge on any atom is -0.459 e. The Bertz CT molecular complexity index is 1600. The standard InChI is InChI=1S/C29H31ClFN3O4S/c1-5-7-27-32-25-17-23(12-15-26(25)33(27)19-28(35)38-29(2,3)4)34(18-20-8-6-9-21(30)16-20)39(36,37)24-13-10-22(31)11-14-24/h6,8-17H,5,7,18-19H2,1-4H3. The van der Waals surface area contributed by atoms with Crippen molar-refractivity contribution in [3.05, 3.63) is 89.0 Å². The van der Waals surface area contributed by atoms with Crippen LogP contribution in [0.25, 0.3) is 11.0 Å². The first-order valence-corrected chi connectivity index (χ1v) is 14.4. The van der Waals surface area contributed by atoms with Crippen LogP contribution in [0.5, 0.6) is 0 Å². The number of benzene rings is 3. The second kappa shape index (κ2) is 11.4. The third-order valence-corrected chi connectivity index (χ3v) is 7.92. The number of sulfonamides is 1. The third-order valence-electron chi connectivity index (χ3n) is 5.90. The molecule has 0 atom stereocenters. The first kappa shape index (κ1) is 28.6. The van der Waals surface area contributed by atoms with E-state index >= 15 is 0 Å². The van der Waals surface area contributed by atoms with Gasteiger partial charge in [-0.2, -0.15) is 0 Å². The van der Waals surface area contributed by atoms with Crippen molar-refractivity contribution in [3.63, 3.8) is 0 Å². The number of carbonyl (C=O) groups is 1. The average Bonchev–Trinajstić information content (AvgIpc) is 3.17. The fourth-order valence-corrected chi connectivity index (χ4v) is 5.92. The minimum absolute atomic E-state index is 0.00773. The van der Waals surface area contributed by atoms with Gasteiger partial charge in [0.05, 0.1) is 28.2 Å². The highest BCUT2D eigenvalue weighted by Gasteiger charge is 2.27. The van der Waals surface area contributed by atoms with E-state index in [1.807, 2.05) is 32.3 Å². The minimum atomic E-state index is -4.09. The lowest BCUT2D eigenvalue weighted by Gasteiger charge is -2.25. The van der Waals surface area contributed by atoms with Crippen molar-refractivity contribution in [2.24, 2.45) is 0 Å². The summed E-state index contributed by atoms with van der Waals surface area (Å²) in [4.78, 5) is 17.3. The summed E-state index contributed by atoms with van der Waals surface area (Å²) in [6.45, 7) is 7.43. The van der Waals surface area contributed by atoms with Gasteiger partial charge in [0.25, 0.3) is 10.0 Å². The van der Waals surface area contributed by atoms with E-state index in [2.05, 4.69) is 0 Å². The van der Waals surface area contributed by atoms with Crippen LogP contribution < -0.4 is 4.31 Å². The molecule has 0 N–H and O–H groups in total. The van der Waals surface area contributed by atoms with Crippen LogP contribution >= 0.6 is 11.6 Å². The number of esters is 1. The van der Waals surface area contributed by atoms with E-state index < -0.39 is 21.4 Å². The van der Waals surface area contributed by atoms with Crippen LogP contribution in [0.3, 0.4) is 0 Å². The molecule has 0 bridgehead atoms. The highest BCUT2D eigenvalue weighted by atomic mass is 35.5. The van der Waals surface area contributed by atoms with Gasteiger partial charge in [0, 0.05) is 11.4 Å². The lowest BCUT2D eigenvalue weighted by Crippen LogP contribution is -2.30. The summed E-state index contributed by atoms with van der Waals surface area (Å²) in [7, 11) is -4.09. The van der Waals surface area contributed by atoms with Gasteiger partial charge in [-0.05, 0) is 87.4 Å². The first-order chi connectivity index (χ1) is 18.4. The molecule has 3 aromatic carbocycles. The number of imidazole rings is 1. The zero-order chi connectivity index (χ0) is 28.4. The van der Waals surface area contributed by atoms with Crippen LogP contribution in [-0.2, 0) is 39.1 Å². The summed E-state index contributed by atoms with van der Waals surface area (Å²) < 4.78 is 49.8. The van der Waals surface area contributed by atoms with Gasteiger partial charge in [0.1, 0.15) is 23.8 Å². The Morgan fingerprint density at radius 2 is 1.79 bits per heavy atom. The summed E-state index contributed by atoms with van der Waals surface area (Å²) in [6.07, 6.45) is 1.44. The van der Waals surface area contributed by atoms with E-state index in [9.17, 15) is 17.6 Å². The largest absolute Gasteiger partial charge is 0.459 e. The van der Waals surface area contributed by atoms with E-state index in [0.717, 1.165) is 18.6 Å². The van der Waals surface area contributed by atoms with Crippen molar-refractivity contribution in [2.75, 3.05) is 4.31 Å². The molecule has 4 aromatic rings. The first-order valence-electron chi connectivity index (χ1n) is 12.6. The second-order valence-corrected chi connectivity index (χ2v) is 12.5. The number of nitrogens with zero attached hydrogens (tertiary/aromatic N) is 3. The molecule has 0 saturated carbocycles. The van der Waals surface area contributed by atoms with Crippen LogP contribution in [0.2, 0.25) is 5.02 Å². The topological polar surface area (TPSA) is 81.5 Å². The number of fused-ring (bicyclic) bond motifs is 1. The number of hydrogen-bond donors (Lipinski definition) is 0. The van der Waals surface area contributed by atoms with Crippen molar-refractivity contribution in [2.45, 2.75) is 64.1 Å². The number of carbonyl (C=O) groups excluding carboxylic acids is 1. The molecule has 0 aliphatic carbocycles. The molecule has 0 amide bonds. The second-order valence-electron chi connectivity index (χ2n) is 10.2. The van der Waals surface area contributed by atoms with Crippen LogP contribution in [0.1, 0.15) is 45.5 Å². The molecule has 1 heterocycles.